The van der Waals surface area contributed by atoms with Crippen molar-refractivity contribution in [1.82, 2.24) is 4.90 Å². The van der Waals surface area contributed by atoms with Crippen LogP contribution in [0.3, 0.4) is 0 Å². The molecule has 0 aromatic heterocycles. The third-order valence-electron chi connectivity index (χ3n) is 3.85. The van der Waals surface area contributed by atoms with Crippen LogP contribution < -0.4 is 0 Å². The van der Waals surface area contributed by atoms with Gasteiger partial charge in [0.1, 0.15) is 5.37 Å². The van der Waals surface area contributed by atoms with Crippen molar-refractivity contribution in [2.24, 2.45) is 0 Å². The molecule has 0 N–H and O–H groups in total. The van der Waals surface area contributed by atoms with Gasteiger partial charge in [0.05, 0.1) is 16.1 Å². The van der Waals surface area contributed by atoms with Gasteiger partial charge in [-0.3, -0.25) is 4.79 Å². The van der Waals surface area contributed by atoms with Crippen molar-refractivity contribution in [2.45, 2.75) is 11.6 Å². The Morgan fingerprint density at radius 3 is 2.56 bits per heavy atom. The summed E-state index contributed by atoms with van der Waals surface area (Å²) in [5.41, 5.74) is -0.423. The molecule has 0 bridgehead atoms. The molecule has 0 radical (unpaired) electrons. The lowest BCUT2D eigenvalue weighted by molar-refractivity contribution is -0.138. The van der Waals surface area contributed by atoms with E-state index in [2.05, 4.69) is 0 Å². The second kappa shape index (κ2) is 7.09. The predicted octanol–water partition coefficient (Wildman–Crippen LogP) is 5.90. The van der Waals surface area contributed by atoms with E-state index in [4.69, 9.17) is 23.2 Å². The molecule has 1 atom stereocenters. The lowest BCUT2D eigenvalue weighted by atomic mass is 10.1. The number of carbonyl (C=O) groups excluding carboxylic acids is 1. The summed E-state index contributed by atoms with van der Waals surface area (Å²) in [5.74, 6) is 0.141. The summed E-state index contributed by atoms with van der Waals surface area (Å²) < 4.78 is 39.9. The second-order valence-corrected chi connectivity index (χ2v) is 7.46. The predicted molar refractivity (Wildman–Crippen MR) is 94.1 cm³/mol. The number of benzene rings is 2. The average molecular weight is 406 g/mol. The van der Waals surface area contributed by atoms with E-state index in [1.165, 1.54) is 47.0 Å². The van der Waals surface area contributed by atoms with Crippen LogP contribution in [0.4, 0.5) is 13.2 Å². The van der Waals surface area contributed by atoms with E-state index in [1.54, 1.807) is 6.07 Å². The van der Waals surface area contributed by atoms with Crippen LogP contribution in [0.1, 0.15) is 26.9 Å². The van der Waals surface area contributed by atoms with Crippen LogP contribution in [0.15, 0.2) is 42.5 Å². The molecule has 2 aromatic rings. The first-order chi connectivity index (χ1) is 11.8. The second-order valence-electron chi connectivity index (χ2n) is 5.43. The van der Waals surface area contributed by atoms with E-state index >= 15 is 0 Å². The highest BCUT2D eigenvalue weighted by molar-refractivity contribution is 7.99. The maximum absolute atomic E-state index is 13.3. The Balaban J connectivity index is 1.98. The minimum Gasteiger partial charge on any atom is -0.322 e. The minimum atomic E-state index is -4.48. The molecule has 2 aromatic carbocycles. The van der Waals surface area contributed by atoms with Crippen LogP contribution in [0.5, 0.6) is 0 Å². The van der Waals surface area contributed by atoms with Crippen LogP contribution in [0, 0.1) is 0 Å². The van der Waals surface area contributed by atoms with Crippen LogP contribution in [-0.2, 0) is 6.18 Å². The number of nitrogens with zero attached hydrogens (tertiary/aromatic N) is 1. The first-order valence-corrected chi connectivity index (χ1v) is 9.13. The van der Waals surface area contributed by atoms with Gasteiger partial charge in [-0.05, 0) is 29.8 Å². The van der Waals surface area contributed by atoms with E-state index < -0.39 is 23.0 Å². The highest BCUT2D eigenvalue weighted by atomic mass is 35.5. The number of alkyl halides is 3. The molecule has 8 heteroatoms. The lowest BCUT2D eigenvalue weighted by Gasteiger charge is -2.26. The third kappa shape index (κ3) is 3.76. The number of hydrogen-bond donors (Lipinski definition) is 0. The summed E-state index contributed by atoms with van der Waals surface area (Å²) in [4.78, 5) is 14.2. The van der Waals surface area contributed by atoms with Gasteiger partial charge in [-0.25, -0.2) is 0 Å². The van der Waals surface area contributed by atoms with Crippen LogP contribution in [-0.4, -0.2) is 23.1 Å². The molecule has 1 aliphatic rings. The topological polar surface area (TPSA) is 20.3 Å². The number of hydrogen-bond acceptors (Lipinski definition) is 2. The van der Waals surface area contributed by atoms with Gasteiger partial charge in [0.2, 0.25) is 0 Å². The first-order valence-electron chi connectivity index (χ1n) is 7.33. The van der Waals surface area contributed by atoms with E-state index in [1.807, 2.05) is 0 Å². The van der Waals surface area contributed by atoms with E-state index in [0.29, 0.717) is 17.3 Å². The van der Waals surface area contributed by atoms with Crippen molar-refractivity contribution >= 4 is 40.9 Å². The zero-order chi connectivity index (χ0) is 18.2. The molecule has 0 saturated carbocycles. The fourth-order valence-electron chi connectivity index (χ4n) is 2.72. The van der Waals surface area contributed by atoms with Gasteiger partial charge in [-0.2, -0.15) is 13.2 Å². The number of carbonyl (C=O) groups is 1. The molecule has 1 unspecified atom stereocenters. The van der Waals surface area contributed by atoms with Gasteiger partial charge in [-0.15, -0.1) is 11.8 Å². The Kier molecular flexibility index (Phi) is 5.23. The number of amides is 1. The Morgan fingerprint density at radius 2 is 1.88 bits per heavy atom. The SMILES string of the molecule is O=C(c1ccc(Cl)cc1Cl)N1CCSC1c1ccccc1C(F)(F)F. The third-order valence-corrected chi connectivity index (χ3v) is 5.64. The van der Waals surface area contributed by atoms with Gasteiger partial charge < -0.3 is 4.90 Å². The zero-order valence-electron chi connectivity index (χ0n) is 12.7. The van der Waals surface area contributed by atoms with Gasteiger partial charge in [0, 0.05) is 17.3 Å². The summed E-state index contributed by atoms with van der Waals surface area (Å²) in [6.45, 7) is 0.347. The molecule has 3 rings (SSSR count). The van der Waals surface area contributed by atoms with Crippen molar-refractivity contribution in [1.29, 1.82) is 0 Å². The molecule has 132 valence electrons. The fourth-order valence-corrected chi connectivity index (χ4v) is 4.50. The van der Waals surface area contributed by atoms with E-state index in [9.17, 15) is 18.0 Å². The highest BCUT2D eigenvalue weighted by Crippen LogP contribution is 2.44. The summed E-state index contributed by atoms with van der Waals surface area (Å²) in [7, 11) is 0. The Hall–Kier alpha value is -1.37. The lowest BCUT2D eigenvalue weighted by Crippen LogP contribution is -2.31. The van der Waals surface area contributed by atoms with E-state index in [0.717, 1.165) is 6.07 Å². The molecule has 1 amide bonds. The largest absolute Gasteiger partial charge is 0.416 e. The molecule has 0 aliphatic carbocycles. The molecule has 0 spiro atoms. The molecular weight excluding hydrogens is 394 g/mol. The van der Waals surface area contributed by atoms with Crippen LogP contribution in [0.25, 0.3) is 0 Å². The highest BCUT2D eigenvalue weighted by Gasteiger charge is 2.39. The maximum Gasteiger partial charge on any atom is 0.416 e. The van der Waals surface area contributed by atoms with Gasteiger partial charge in [0.25, 0.3) is 5.91 Å². The summed E-state index contributed by atoms with van der Waals surface area (Å²) in [5, 5.41) is -0.148. The molecule has 1 aliphatic heterocycles. The standard InChI is InChI=1S/C17H12Cl2F3NOS/c18-10-5-6-12(14(19)9-10)15(24)23-7-8-25-16(23)11-3-1-2-4-13(11)17(20,21)22/h1-6,9,16H,7-8H2. The molecular formula is C17H12Cl2F3NOS. The normalized spacial score (nSPS) is 17.8. The summed E-state index contributed by atoms with van der Waals surface area (Å²) in [6.07, 6.45) is -4.48. The molecule has 2 nitrogen and oxygen atoms in total. The Labute approximate surface area is 156 Å². The van der Waals surface area contributed by atoms with Crippen LogP contribution in [0.2, 0.25) is 10.0 Å². The van der Waals surface area contributed by atoms with Crippen molar-refractivity contribution in [3.8, 4) is 0 Å². The van der Waals surface area contributed by atoms with Gasteiger partial charge >= 0.3 is 6.18 Å². The number of rotatable bonds is 2. The van der Waals surface area contributed by atoms with Gasteiger partial charge in [0.15, 0.2) is 0 Å². The first kappa shape index (κ1) is 18.4. The average Bonchev–Trinajstić information content (AvgIpc) is 3.03. The van der Waals surface area contributed by atoms with Crippen molar-refractivity contribution < 1.29 is 18.0 Å². The summed E-state index contributed by atoms with van der Waals surface area (Å²) in [6, 6.07) is 9.79. The Bertz CT molecular complexity index is 813. The minimum absolute atomic E-state index is 0.0796. The summed E-state index contributed by atoms with van der Waals surface area (Å²) >= 11 is 13.2. The monoisotopic (exact) mass is 405 g/mol. The van der Waals surface area contributed by atoms with Crippen molar-refractivity contribution in [3.63, 3.8) is 0 Å². The van der Waals surface area contributed by atoms with Crippen molar-refractivity contribution in [2.75, 3.05) is 12.3 Å². The Morgan fingerprint density at radius 1 is 1.16 bits per heavy atom. The smallest absolute Gasteiger partial charge is 0.322 e. The molecule has 1 fully saturated rings. The molecule has 25 heavy (non-hydrogen) atoms. The number of halogens is 5. The zero-order valence-corrected chi connectivity index (χ0v) is 15.0. The molecule has 1 saturated heterocycles. The fraction of sp³-hybridized carbons (Fsp3) is 0.235. The maximum atomic E-state index is 13.3. The number of thioether (sulfide) groups is 1. The quantitative estimate of drug-likeness (QED) is 0.619. The van der Waals surface area contributed by atoms with E-state index in [-0.39, 0.29) is 16.1 Å². The van der Waals surface area contributed by atoms with Crippen molar-refractivity contribution in [3.05, 3.63) is 69.2 Å². The van der Waals surface area contributed by atoms with Gasteiger partial charge in [-0.1, -0.05) is 41.4 Å². The van der Waals surface area contributed by atoms with Crippen LogP contribution >= 0.6 is 35.0 Å². The molecule has 1 heterocycles.